The minimum Gasteiger partial charge on any atom is -0.337 e. The normalized spacial score (nSPS) is 10.7. The van der Waals surface area contributed by atoms with Gasteiger partial charge in [0, 0.05) is 37.1 Å². The first-order chi connectivity index (χ1) is 10.2. The van der Waals surface area contributed by atoms with Gasteiger partial charge in [0.2, 0.25) is 0 Å². The number of nitro groups is 1. The van der Waals surface area contributed by atoms with Crippen LogP contribution in [-0.2, 0) is 13.1 Å². The number of aryl methyl sites for hydroxylation is 2. The van der Waals surface area contributed by atoms with Crippen molar-refractivity contribution in [1.82, 2.24) is 14.9 Å². The fourth-order valence-electron chi connectivity index (χ4n) is 2.16. The highest BCUT2D eigenvalue weighted by atomic mass is 16.6. The summed E-state index contributed by atoms with van der Waals surface area (Å²) in [6, 6.07) is 5.38. The quantitative estimate of drug-likeness (QED) is 0.460. The third-order valence-electron chi connectivity index (χ3n) is 3.38. The first-order valence-electron chi connectivity index (χ1n) is 7.07. The second-order valence-electron chi connectivity index (χ2n) is 5.06. The Morgan fingerprint density at radius 1 is 1.38 bits per heavy atom. The lowest BCUT2D eigenvalue weighted by molar-refractivity contribution is -0.385. The van der Waals surface area contributed by atoms with E-state index in [4.69, 9.17) is 0 Å². The van der Waals surface area contributed by atoms with E-state index in [-0.39, 0.29) is 10.6 Å². The Morgan fingerprint density at radius 3 is 2.95 bits per heavy atom. The lowest BCUT2D eigenvalue weighted by atomic mass is 10.1. The topological polar surface area (TPSA) is 73.0 Å². The van der Waals surface area contributed by atoms with Gasteiger partial charge < -0.3 is 9.88 Å². The van der Waals surface area contributed by atoms with E-state index in [9.17, 15) is 10.1 Å². The summed E-state index contributed by atoms with van der Waals surface area (Å²) >= 11 is 0. The Balaban J connectivity index is 1.69. The Bertz CT molecular complexity index is 581. The molecule has 1 aromatic heterocycles. The van der Waals surface area contributed by atoms with Crippen molar-refractivity contribution < 1.29 is 4.92 Å². The predicted molar refractivity (Wildman–Crippen MR) is 81.0 cm³/mol. The zero-order valence-electron chi connectivity index (χ0n) is 12.2. The summed E-state index contributed by atoms with van der Waals surface area (Å²) in [5, 5.41) is 14.2. The molecule has 0 atom stereocenters. The van der Waals surface area contributed by atoms with E-state index in [2.05, 4.69) is 14.9 Å². The molecule has 112 valence electrons. The fourth-order valence-corrected chi connectivity index (χ4v) is 2.16. The van der Waals surface area contributed by atoms with Crippen molar-refractivity contribution in [3.63, 3.8) is 0 Å². The highest BCUT2D eigenvalue weighted by molar-refractivity contribution is 5.42. The number of rotatable bonds is 8. The van der Waals surface area contributed by atoms with Gasteiger partial charge in [-0.25, -0.2) is 4.98 Å². The fraction of sp³-hybridized carbons (Fsp3) is 0.400. The molecular formula is C15H20N4O2. The van der Waals surface area contributed by atoms with Crippen LogP contribution in [-0.4, -0.2) is 21.0 Å². The third kappa shape index (κ3) is 4.68. The van der Waals surface area contributed by atoms with Gasteiger partial charge in [-0.3, -0.25) is 10.1 Å². The molecule has 21 heavy (non-hydrogen) atoms. The van der Waals surface area contributed by atoms with Crippen LogP contribution < -0.4 is 5.32 Å². The molecule has 0 saturated carbocycles. The lowest BCUT2D eigenvalue weighted by Gasteiger charge is -2.06. The Hall–Kier alpha value is -2.21. The van der Waals surface area contributed by atoms with E-state index in [1.807, 2.05) is 18.6 Å². The molecule has 1 aromatic carbocycles. The van der Waals surface area contributed by atoms with Crippen LogP contribution in [0, 0.1) is 17.0 Å². The van der Waals surface area contributed by atoms with E-state index in [1.165, 1.54) is 0 Å². The molecule has 0 aliphatic heterocycles. The van der Waals surface area contributed by atoms with Crippen LogP contribution in [0.15, 0.2) is 36.9 Å². The summed E-state index contributed by atoms with van der Waals surface area (Å²) in [7, 11) is 0. The van der Waals surface area contributed by atoms with Gasteiger partial charge in [0.25, 0.3) is 5.69 Å². The minimum atomic E-state index is -0.329. The van der Waals surface area contributed by atoms with E-state index in [0.717, 1.165) is 31.5 Å². The highest BCUT2D eigenvalue weighted by Gasteiger charge is 2.10. The number of nitrogens with one attached hydrogen (secondary N) is 1. The van der Waals surface area contributed by atoms with Crippen molar-refractivity contribution in [3.05, 3.63) is 58.2 Å². The van der Waals surface area contributed by atoms with E-state index in [1.54, 1.807) is 25.3 Å². The largest absolute Gasteiger partial charge is 0.337 e. The Labute approximate surface area is 124 Å². The summed E-state index contributed by atoms with van der Waals surface area (Å²) in [6.07, 6.45) is 7.70. The van der Waals surface area contributed by atoms with Crippen LogP contribution in [0.25, 0.3) is 0 Å². The number of benzene rings is 1. The smallest absolute Gasteiger partial charge is 0.272 e. The van der Waals surface area contributed by atoms with Crippen molar-refractivity contribution in [2.75, 3.05) is 6.54 Å². The standard InChI is InChI=1S/C15H20N4O2/c1-13-4-5-14(10-15(13)19(20)21)11-16-6-2-3-8-18-9-7-17-12-18/h4-5,7,9-10,12,16H,2-3,6,8,11H2,1H3. The second kappa shape index (κ2) is 7.54. The monoisotopic (exact) mass is 288 g/mol. The number of imidazole rings is 1. The van der Waals surface area contributed by atoms with Crippen LogP contribution in [0.5, 0.6) is 0 Å². The average molecular weight is 288 g/mol. The molecule has 0 bridgehead atoms. The number of hydrogen-bond donors (Lipinski definition) is 1. The molecule has 0 aliphatic carbocycles. The maximum Gasteiger partial charge on any atom is 0.272 e. The van der Waals surface area contributed by atoms with Crippen LogP contribution in [0.2, 0.25) is 0 Å². The Morgan fingerprint density at radius 2 is 2.24 bits per heavy atom. The number of aromatic nitrogens is 2. The van der Waals surface area contributed by atoms with Crippen molar-refractivity contribution in [2.45, 2.75) is 32.9 Å². The number of hydrogen-bond acceptors (Lipinski definition) is 4. The molecule has 0 aliphatic rings. The van der Waals surface area contributed by atoms with Crippen molar-refractivity contribution in [1.29, 1.82) is 0 Å². The summed E-state index contributed by atoms with van der Waals surface area (Å²) in [4.78, 5) is 14.5. The zero-order valence-corrected chi connectivity index (χ0v) is 12.2. The summed E-state index contributed by atoms with van der Waals surface area (Å²) in [5.74, 6) is 0. The van der Waals surface area contributed by atoms with E-state index in [0.29, 0.717) is 12.1 Å². The van der Waals surface area contributed by atoms with Gasteiger partial charge in [-0.05, 0) is 31.9 Å². The van der Waals surface area contributed by atoms with Gasteiger partial charge >= 0.3 is 0 Å². The van der Waals surface area contributed by atoms with Crippen molar-refractivity contribution >= 4 is 5.69 Å². The minimum absolute atomic E-state index is 0.189. The van der Waals surface area contributed by atoms with E-state index >= 15 is 0 Å². The van der Waals surface area contributed by atoms with Gasteiger partial charge in [0.05, 0.1) is 11.3 Å². The second-order valence-corrected chi connectivity index (χ2v) is 5.06. The molecule has 2 rings (SSSR count). The Kier molecular flexibility index (Phi) is 5.45. The van der Waals surface area contributed by atoms with Crippen LogP contribution in [0.1, 0.15) is 24.0 Å². The number of nitrogens with zero attached hydrogens (tertiary/aromatic N) is 3. The molecule has 0 unspecified atom stereocenters. The van der Waals surface area contributed by atoms with Crippen LogP contribution >= 0.6 is 0 Å². The van der Waals surface area contributed by atoms with Gasteiger partial charge in [-0.1, -0.05) is 12.1 Å². The SMILES string of the molecule is Cc1ccc(CNCCCCn2ccnc2)cc1[N+](=O)[O-]. The van der Waals surface area contributed by atoms with E-state index < -0.39 is 0 Å². The van der Waals surface area contributed by atoms with Crippen molar-refractivity contribution in [2.24, 2.45) is 0 Å². The lowest BCUT2D eigenvalue weighted by Crippen LogP contribution is -2.15. The molecule has 0 saturated heterocycles. The molecule has 0 amide bonds. The van der Waals surface area contributed by atoms with Gasteiger partial charge in [0.15, 0.2) is 0 Å². The summed E-state index contributed by atoms with van der Waals surface area (Å²) in [6.45, 7) is 4.28. The number of nitro benzene ring substituents is 1. The van der Waals surface area contributed by atoms with Gasteiger partial charge in [0.1, 0.15) is 0 Å². The molecule has 0 spiro atoms. The zero-order chi connectivity index (χ0) is 15.1. The highest BCUT2D eigenvalue weighted by Crippen LogP contribution is 2.19. The molecule has 0 radical (unpaired) electrons. The average Bonchev–Trinajstić information content (AvgIpc) is 2.97. The van der Waals surface area contributed by atoms with Crippen LogP contribution in [0.3, 0.4) is 0 Å². The molecule has 1 N–H and O–H groups in total. The third-order valence-corrected chi connectivity index (χ3v) is 3.38. The van der Waals surface area contributed by atoms with Gasteiger partial charge in [-0.15, -0.1) is 0 Å². The first kappa shape index (κ1) is 15.2. The molecule has 6 heteroatoms. The maximum absolute atomic E-state index is 10.9. The molecule has 2 aromatic rings. The summed E-state index contributed by atoms with van der Waals surface area (Å²) < 4.78 is 2.06. The summed E-state index contributed by atoms with van der Waals surface area (Å²) in [5.41, 5.74) is 1.83. The predicted octanol–water partition coefficient (Wildman–Crippen LogP) is 2.67. The molecular weight excluding hydrogens is 268 g/mol. The van der Waals surface area contributed by atoms with Gasteiger partial charge in [-0.2, -0.15) is 0 Å². The molecule has 1 heterocycles. The maximum atomic E-state index is 10.9. The van der Waals surface area contributed by atoms with Crippen LogP contribution in [0.4, 0.5) is 5.69 Å². The van der Waals surface area contributed by atoms with Crippen molar-refractivity contribution in [3.8, 4) is 0 Å². The first-order valence-corrected chi connectivity index (χ1v) is 7.07. The molecule has 6 nitrogen and oxygen atoms in total. The number of unbranched alkanes of at least 4 members (excludes halogenated alkanes) is 1. The molecule has 0 fully saturated rings.